The molecular formula is C12H18FN3O2S. The second-order valence-electron chi connectivity index (χ2n) is 4.63. The Hall–Kier alpha value is -1.18. The zero-order valence-electron chi connectivity index (χ0n) is 10.6. The van der Waals surface area contributed by atoms with Crippen molar-refractivity contribution in [3.63, 3.8) is 0 Å². The smallest absolute Gasteiger partial charge is 0.242 e. The third kappa shape index (κ3) is 3.65. The van der Waals surface area contributed by atoms with Gasteiger partial charge in [0.15, 0.2) is 0 Å². The number of nitrogens with two attached hydrogens (primary N) is 1. The van der Waals surface area contributed by atoms with Crippen LogP contribution in [0.5, 0.6) is 0 Å². The molecule has 1 aliphatic heterocycles. The van der Waals surface area contributed by atoms with Gasteiger partial charge in [0.25, 0.3) is 0 Å². The third-order valence-electron chi connectivity index (χ3n) is 3.18. The lowest BCUT2D eigenvalue weighted by Crippen LogP contribution is -2.33. The van der Waals surface area contributed by atoms with Gasteiger partial charge in [-0.1, -0.05) is 0 Å². The minimum absolute atomic E-state index is 0.0510. The van der Waals surface area contributed by atoms with Crippen LogP contribution in [0.2, 0.25) is 0 Å². The van der Waals surface area contributed by atoms with Crippen molar-refractivity contribution in [1.82, 2.24) is 9.62 Å². The van der Waals surface area contributed by atoms with E-state index < -0.39 is 15.8 Å². The zero-order chi connectivity index (χ0) is 13.9. The first kappa shape index (κ1) is 14.2. The molecule has 0 unspecified atom stereocenters. The molecule has 19 heavy (non-hydrogen) atoms. The van der Waals surface area contributed by atoms with Crippen molar-refractivity contribution in [2.75, 3.05) is 31.9 Å². The Morgan fingerprint density at radius 3 is 2.68 bits per heavy atom. The van der Waals surface area contributed by atoms with E-state index in [4.69, 9.17) is 5.73 Å². The highest BCUT2D eigenvalue weighted by Gasteiger charge is 2.19. The summed E-state index contributed by atoms with van der Waals surface area (Å²) in [4.78, 5) is 1.99. The number of benzene rings is 1. The van der Waals surface area contributed by atoms with E-state index in [2.05, 4.69) is 9.62 Å². The molecule has 1 aliphatic rings. The summed E-state index contributed by atoms with van der Waals surface area (Å²) in [5.41, 5.74) is 5.62. The minimum Gasteiger partial charge on any atom is -0.398 e. The number of anilines is 1. The second kappa shape index (κ2) is 5.85. The molecule has 3 N–H and O–H groups in total. The molecule has 1 heterocycles. The highest BCUT2D eigenvalue weighted by Crippen LogP contribution is 2.18. The average Bonchev–Trinajstić information content (AvgIpc) is 2.85. The molecule has 106 valence electrons. The first-order chi connectivity index (χ1) is 8.99. The molecular weight excluding hydrogens is 269 g/mol. The van der Waals surface area contributed by atoms with Crippen LogP contribution in [-0.4, -0.2) is 39.5 Å². The number of hydrogen-bond donors (Lipinski definition) is 2. The minimum atomic E-state index is -3.75. The van der Waals surface area contributed by atoms with Crippen molar-refractivity contribution in [2.24, 2.45) is 0 Å². The average molecular weight is 287 g/mol. The fourth-order valence-corrected chi connectivity index (χ4v) is 3.32. The lowest BCUT2D eigenvalue weighted by Gasteiger charge is -2.15. The number of nitrogens with zero attached hydrogens (tertiary/aromatic N) is 1. The highest BCUT2D eigenvalue weighted by atomic mass is 32.2. The Morgan fingerprint density at radius 1 is 1.32 bits per heavy atom. The predicted octanol–water partition coefficient (Wildman–Crippen LogP) is 0.782. The van der Waals surface area contributed by atoms with Crippen LogP contribution in [0.1, 0.15) is 12.8 Å². The van der Waals surface area contributed by atoms with Crippen molar-refractivity contribution in [1.29, 1.82) is 0 Å². The first-order valence-corrected chi connectivity index (χ1v) is 7.74. The Labute approximate surface area is 112 Å². The van der Waals surface area contributed by atoms with Gasteiger partial charge in [-0.2, -0.15) is 0 Å². The molecule has 0 radical (unpaired) electrons. The van der Waals surface area contributed by atoms with Crippen molar-refractivity contribution in [3.8, 4) is 0 Å². The number of halogens is 1. The molecule has 0 aromatic heterocycles. The summed E-state index contributed by atoms with van der Waals surface area (Å²) < 4.78 is 39.5. The third-order valence-corrected chi connectivity index (χ3v) is 4.70. The maximum atomic E-state index is 13.1. The highest BCUT2D eigenvalue weighted by molar-refractivity contribution is 7.89. The van der Waals surface area contributed by atoms with Gasteiger partial charge in [-0.25, -0.2) is 17.5 Å². The van der Waals surface area contributed by atoms with E-state index in [9.17, 15) is 12.8 Å². The van der Waals surface area contributed by atoms with E-state index in [1.807, 2.05) is 0 Å². The zero-order valence-corrected chi connectivity index (χ0v) is 11.4. The molecule has 0 atom stereocenters. The van der Waals surface area contributed by atoms with E-state index in [-0.39, 0.29) is 10.6 Å². The Bertz CT molecular complexity index is 542. The van der Waals surface area contributed by atoms with Crippen molar-refractivity contribution < 1.29 is 12.8 Å². The molecule has 1 aromatic rings. The van der Waals surface area contributed by atoms with Gasteiger partial charge >= 0.3 is 0 Å². The summed E-state index contributed by atoms with van der Waals surface area (Å²) in [5, 5.41) is 0. The molecule has 0 saturated carbocycles. The Morgan fingerprint density at radius 2 is 2.00 bits per heavy atom. The van der Waals surface area contributed by atoms with Crippen molar-refractivity contribution in [3.05, 3.63) is 24.0 Å². The standard InChI is InChI=1S/C12H18FN3O2S/c13-10-3-4-11(14)12(9-10)19(17,18)15-5-8-16-6-1-2-7-16/h3-4,9,15H,1-2,5-8,14H2. The van der Waals surface area contributed by atoms with Gasteiger partial charge in [-0.05, 0) is 44.1 Å². The lowest BCUT2D eigenvalue weighted by molar-refractivity contribution is 0.344. The Kier molecular flexibility index (Phi) is 4.38. The number of likely N-dealkylation sites (tertiary alicyclic amines) is 1. The largest absolute Gasteiger partial charge is 0.398 e. The molecule has 1 fully saturated rings. The van der Waals surface area contributed by atoms with Gasteiger partial charge in [0.05, 0.1) is 5.69 Å². The van der Waals surface area contributed by atoms with Gasteiger partial charge in [-0.3, -0.25) is 0 Å². The Balaban J connectivity index is 1.99. The van der Waals surface area contributed by atoms with E-state index >= 15 is 0 Å². The van der Waals surface area contributed by atoms with Gasteiger partial charge in [-0.15, -0.1) is 0 Å². The van der Waals surface area contributed by atoms with E-state index in [0.29, 0.717) is 13.1 Å². The van der Waals surface area contributed by atoms with Crippen LogP contribution in [0.25, 0.3) is 0 Å². The molecule has 2 rings (SSSR count). The summed E-state index contributed by atoms with van der Waals surface area (Å²) in [6.45, 7) is 2.97. The van der Waals surface area contributed by atoms with Gasteiger partial charge in [0.2, 0.25) is 10.0 Å². The summed E-state index contributed by atoms with van der Waals surface area (Å²) in [5.74, 6) is -0.617. The number of rotatable bonds is 5. The summed E-state index contributed by atoms with van der Waals surface area (Å²) >= 11 is 0. The van der Waals surface area contributed by atoms with E-state index in [1.165, 1.54) is 6.07 Å². The SMILES string of the molecule is Nc1ccc(F)cc1S(=O)(=O)NCCN1CCCC1. The lowest BCUT2D eigenvalue weighted by atomic mass is 10.3. The predicted molar refractivity (Wildman–Crippen MR) is 71.7 cm³/mol. The van der Waals surface area contributed by atoms with E-state index in [0.717, 1.165) is 38.1 Å². The van der Waals surface area contributed by atoms with Crippen molar-refractivity contribution in [2.45, 2.75) is 17.7 Å². The fourth-order valence-electron chi connectivity index (χ4n) is 2.16. The van der Waals surface area contributed by atoms with Crippen LogP contribution in [0.15, 0.2) is 23.1 Å². The van der Waals surface area contributed by atoms with Crippen LogP contribution in [0.3, 0.4) is 0 Å². The molecule has 0 spiro atoms. The first-order valence-electron chi connectivity index (χ1n) is 6.26. The monoisotopic (exact) mass is 287 g/mol. The van der Waals surface area contributed by atoms with Crippen LogP contribution in [-0.2, 0) is 10.0 Å². The maximum Gasteiger partial charge on any atom is 0.242 e. The number of nitrogens with one attached hydrogen (secondary N) is 1. The number of nitrogen functional groups attached to an aromatic ring is 1. The van der Waals surface area contributed by atoms with Crippen molar-refractivity contribution >= 4 is 15.7 Å². The summed E-state index contributed by atoms with van der Waals surface area (Å²) in [6, 6.07) is 3.33. The second-order valence-corrected chi connectivity index (χ2v) is 6.36. The van der Waals surface area contributed by atoms with E-state index in [1.54, 1.807) is 0 Å². The molecule has 0 amide bonds. The quantitative estimate of drug-likeness (QED) is 0.785. The van der Waals surface area contributed by atoms with Crippen LogP contribution in [0.4, 0.5) is 10.1 Å². The van der Waals surface area contributed by atoms with Crippen LogP contribution < -0.4 is 10.5 Å². The topological polar surface area (TPSA) is 75.4 Å². The van der Waals surface area contributed by atoms with Crippen LogP contribution >= 0.6 is 0 Å². The fraction of sp³-hybridized carbons (Fsp3) is 0.500. The molecule has 0 aliphatic carbocycles. The maximum absolute atomic E-state index is 13.1. The number of sulfonamides is 1. The molecule has 0 bridgehead atoms. The van der Waals surface area contributed by atoms with Gasteiger partial charge in [0, 0.05) is 13.1 Å². The number of hydrogen-bond acceptors (Lipinski definition) is 4. The summed E-state index contributed by atoms with van der Waals surface area (Å²) in [7, 11) is -3.75. The summed E-state index contributed by atoms with van der Waals surface area (Å²) in [6.07, 6.45) is 2.31. The molecule has 7 heteroatoms. The van der Waals surface area contributed by atoms with Crippen LogP contribution in [0, 0.1) is 5.82 Å². The van der Waals surface area contributed by atoms with Gasteiger partial charge < -0.3 is 10.6 Å². The van der Waals surface area contributed by atoms with Gasteiger partial charge in [0.1, 0.15) is 10.7 Å². The molecule has 1 aromatic carbocycles. The molecule has 1 saturated heterocycles. The molecule has 5 nitrogen and oxygen atoms in total. The normalized spacial score (nSPS) is 16.9.